The lowest BCUT2D eigenvalue weighted by atomic mass is 9.57. The molecule has 1 heterocycles. The number of hydrogen-bond donors (Lipinski definition) is 1. The summed E-state index contributed by atoms with van der Waals surface area (Å²) in [7, 11) is 3.44. The molecule has 4 nitrogen and oxygen atoms in total. The third-order valence-corrected chi connectivity index (χ3v) is 4.35. The molecule has 1 aliphatic heterocycles. The molecule has 1 N–H and O–H groups in total. The van der Waals surface area contributed by atoms with Crippen LogP contribution in [0.3, 0.4) is 0 Å². The van der Waals surface area contributed by atoms with Crippen molar-refractivity contribution >= 4 is 0 Å². The fourth-order valence-corrected chi connectivity index (χ4v) is 3.39. The van der Waals surface area contributed by atoms with Crippen molar-refractivity contribution in [2.75, 3.05) is 34.0 Å². The van der Waals surface area contributed by atoms with Crippen LogP contribution in [-0.2, 0) is 14.2 Å². The van der Waals surface area contributed by atoms with Crippen molar-refractivity contribution in [3.8, 4) is 0 Å². The summed E-state index contributed by atoms with van der Waals surface area (Å²) in [6, 6.07) is 0.546. The summed E-state index contributed by atoms with van der Waals surface area (Å²) < 4.78 is 16.3. The Morgan fingerprint density at radius 3 is 2.82 bits per heavy atom. The smallest absolute Gasteiger partial charge is 0.0928 e. The predicted molar refractivity (Wildman–Crippen MR) is 66.1 cm³/mol. The van der Waals surface area contributed by atoms with Crippen molar-refractivity contribution < 1.29 is 14.2 Å². The molecule has 0 aromatic rings. The van der Waals surface area contributed by atoms with Crippen molar-refractivity contribution in [2.45, 2.75) is 38.5 Å². The fraction of sp³-hybridized carbons (Fsp3) is 1.00. The van der Waals surface area contributed by atoms with E-state index in [0.29, 0.717) is 24.7 Å². The number of hydrogen-bond acceptors (Lipinski definition) is 4. The van der Waals surface area contributed by atoms with Gasteiger partial charge in [0.2, 0.25) is 0 Å². The van der Waals surface area contributed by atoms with Crippen molar-refractivity contribution in [1.29, 1.82) is 0 Å². The van der Waals surface area contributed by atoms with Gasteiger partial charge >= 0.3 is 0 Å². The molecule has 0 spiro atoms. The SMILES string of the molecule is COCC(CNC1C2CCOC2C1(C)C)OC. The van der Waals surface area contributed by atoms with E-state index in [1.807, 2.05) is 0 Å². The Bertz CT molecular complexity index is 257. The monoisotopic (exact) mass is 243 g/mol. The van der Waals surface area contributed by atoms with Gasteiger partial charge < -0.3 is 19.5 Å². The van der Waals surface area contributed by atoms with Gasteiger partial charge in [0.1, 0.15) is 0 Å². The van der Waals surface area contributed by atoms with Gasteiger partial charge in [-0.25, -0.2) is 0 Å². The quantitative estimate of drug-likeness (QED) is 0.757. The number of fused-ring (bicyclic) bond motifs is 1. The van der Waals surface area contributed by atoms with Crippen LogP contribution in [0.2, 0.25) is 0 Å². The first-order valence-corrected chi connectivity index (χ1v) is 6.48. The van der Waals surface area contributed by atoms with Crippen LogP contribution < -0.4 is 5.32 Å². The van der Waals surface area contributed by atoms with E-state index in [9.17, 15) is 0 Å². The van der Waals surface area contributed by atoms with Crippen molar-refractivity contribution in [3.63, 3.8) is 0 Å². The summed E-state index contributed by atoms with van der Waals surface area (Å²) in [5.74, 6) is 0.685. The van der Waals surface area contributed by atoms with Gasteiger partial charge in [0.05, 0.1) is 18.8 Å². The van der Waals surface area contributed by atoms with Crippen LogP contribution in [0.15, 0.2) is 0 Å². The average molecular weight is 243 g/mol. The third-order valence-electron chi connectivity index (χ3n) is 4.35. The lowest BCUT2D eigenvalue weighted by molar-refractivity contribution is -0.115. The first-order valence-electron chi connectivity index (χ1n) is 6.48. The van der Waals surface area contributed by atoms with Gasteiger partial charge in [0.25, 0.3) is 0 Å². The maximum absolute atomic E-state index is 5.78. The van der Waals surface area contributed by atoms with Crippen LogP contribution in [-0.4, -0.2) is 52.2 Å². The second kappa shape index (κ2) is 5.22. The third kappa shape index (κ3) is 2.36. The Kier molecular flexibility index (Phi) is 4.08. The van der Waals surface area contributed by atoms with Gasteiger partial charge in [-0.15, -0.1) is 0 Å². The maximum atomic E-state index is 5.78. The molecule has 0 aromatic carbocycles. The molecular formula is C13H25NO3. The highest BCUT2D eigenvalue weighted by Gasteiger charge is 2.58. The molecule has 0 bridgehead atoms. The van der Waals surface area contributed by atoms with Crippen LogP contribution >= 0.6 is 0 Å². The molecule has 1 saturated carbocycles. The minimum absolute atomic E-state index is 0.136. The summed E-state index contributed by atoms with van der Waals surface area (Å²) >= 11 is 0. The molecule has 0 aromatic heterocycles. The second-order valence-corrected chi connectivity index (χ2v) is 5.76. The molecule has 4 unspecified atom stereocenters. The molecule has 2 rings (SSSR count). The second-order valence-electron chi connectivity index (χ2n) is 5.76. The maximum Gasteiger partial charge on any atom is 0.0928 e. The lowest BCUT2D eigenvalue weighted by Crippen LogP contribution is -2.66. The van der Waals surface area contributed by atoms with E-state index >= 15 is 0 Å². The van der Waals surface area contributed by atoms with E-state index in [0.717, 1.165) is 13.2 Å². The van der Waals surface area contributed by atoms with Gasteiger partial charge in [0.15, 0.2) is 0 Å². The summed E-state index contributed by atoms with van der Waals surface area (Å²) in [5.41, 5.74) is 0.243. The highest BCUT2D eigenvalue weighted by molar-refractivity contribution is 5.11. The van der Waals surface area contributed by atoms with Crippen LogP contribution in [0.4, 0.5) is 0 Å². The normalized spacial score (nSPS) is 36.4. The molecule has 4 heteroatoms. The summed E-state index contributed by atoms with van der Waals surface area (Å²) in [5, 5.41) is 3.63. The van der Waals surface area contributed by atoms with Crippen molar-refractivity contribution in [1.82, 2.24) is 5.32 Å². The van der Waals surface area contributed by atoms with Gasteiger partial charge in [-0.1, -0.05) is 13.8 Å². The highest BCUT2D eigenvalue weighted by atomic mass is 16.5. The van der Waals surface area contributed by atoms with Crippen LogP contribution in [0.1, 0.15) is 20.3 Å². The topological polar surface area (TPSA) is 39.7 Å². The van der Waals surface area contributed by atoms with E-state index in [1.165, 1.54) is 6.42 Å². The zero-order chi connectivity index (χ0) is 12.5. The summed E-state index contributed by atoms with van der Waals surface area (Å²) in [4.78, 5) is 0. The Labute approximate surface area is 104 Å². The van der Waals surface area contributed by atoms with Crippen molar-refractivity contribution in [3.05, 3.63) is 0 Å². The summed E-state index contributed by atoms with van der Waals surface area (Å²) in [6.07, 6.45) is 1.77. The van der Waals surface area contributed by atoms with E-state index in [1.54, 1.807) is 14.2 Å². The minimum atomic E-state index is 0.136. The molecule has 0 amide bonds. The molecule has 2 fully saturated rings. The fourth-order valence-electron chi connectivity index (χ4n) is 3.39. The van der Waals surface area contributed by atoms with Crippen molar-refractivity contribution in [2.24, 2.45) is 11.3 Å². The summed E-state index contributed by atoms with van der Waals surface area (Å²) in [6.45, 7) is 6.98. The van der Waals surface area contributed by atoms with Crippen LogP contribution in [0, 0.1) is 11.3 Å². The molecule has 17 heavy (non-hydrogen) atoms. The highest BCUT2D eigenvalue weighted by Crippen LogP contribution is 2.51. The standard InChI is InChI=1S/C13H25NO3/c1-13(2)11(10-5-6-17-12(10)13)14-7-9(16-4)8-15-3/h9-12,14H,5-8H2,1-4H3. The van der Waals surface area contributed by atoms with E-state index < -0.39 is 0 Å². The number of rotatable bonds is 6. The van der Waals surface area contributed by atoms with Gasteiger partial charge in [-0.05, 0) is 6.42 Å². The molecule has 4 atom stereocenters. The molecule has 0 radical (unpaired) electrons. The zero-order valence-electron chi connectivity index (χ0n) is 11.4. The Morgan fingerprint density at radius 2 is 2.18 bits per heavy atom. The number of nitrogens with one attached hydrogen (secondary N) is 1. The largest absolute Gasteiger partial charge is 0.382 e. The Balaban J connectivity index is 1.82. The van der Waals surface area contributed by atoms with Gasteiger partial charge in [-0.3, -0.25) is 0 Å². The zero-order valence-corrected chi connectivity index (χ0v) is 11.4. The van der Waals surface area contributed by atoms with E-state index in [-0.39, 0.29) is 11.5 Å². The lowest BCUT2D eigenvalue weighted by Gasteiger charge is -2.55. The molecule has 1 saturated heterocycles. The van der Waals surface area contributed by atoms with Gasteiger partial charge in [-0.2, -0.15) is 0 Å². The molecule has 2 aliphatic rings. The van der Waals surface area contributed by atoms with E-state index in [2.05, 4.69) is 19.2 Å². The number of methoxy groups -OCH3 is 2. The van der Waals surface area contributed by atoms with Gasteiger partial charge in [0, 0.05) is 44.7 Å². The van der Waals surface area contributed by atoms with Crippen LogP contribution in [0.5, 0.6) is 0 Å². The molecular weight excluding hydrogens is 218 g/mol. The molecule has 100 valence electrons. The first kappa shape index (κ1) is 13.3. The van der Waals surface area contributed by atoms with Crippen LogP contribution in [0.25, 0.3) is 0 Å². The predicted octanol–water partition coefficient (Wildman–Crippen LogP) is 1.05. The van der Waals surface area contributed by atoms with E-state index in [4.69, 9.17) is 14.2 Å². The average Bonchev–Trinajstić information content (AvgIpc) is 2.74. The minimum Gasteiger partial charge on any atom is -0.382 e. The molecule has 1 aliphatic carbocycles. The first-order chi connectivity index (χ1) is 8.11. The Morgan fingerprint density at radius 1 is 1.41 bits per heavy atom. The number of ether oxygens (including phenoxy) is 3. The Hall–Kier alpha value is -0.160.